The van der Waals surface area contributed by atoms with E-state index in [9.17, 15) is 4.79 Å². The minimum absolute atomic E-state index is 0.367. The van der Waals surface area contributed by atoms with Crippen LogP contribution in [0.2, 0.25) is 0 Å². The van der Waals surface area contributed by atoms with Gasteiger partial charge >= 0.3 is 5.97 Å². The normalized spacial score (nSPS) is 10.8. The summed E-state index contributed by atoms with van der Waals surface area (Å²) in [7, 11) is 0. The number of ether oxygens (including phenoxy) is 1. The molecular formula is C8H13NO2. The molecular weight excluding hydrogens is 142 g/mol. The number of rotatable bonds is 4. The Morgan fingerprint density at radius 3 is 2.82 bits per heavy atom. The summed E-state index contributed by atoms with van der Waals surface area (Å²) < 4.78 is 4.73. The van der Waals surface area contributed by atoms with Crippen molar-refractivity contribution in [2.45, 2.75) is 13.3 Å². The van der Waals surface area contributed by atoms with Crippen molar-refractivity contribution in [2.75, 3.05) is 6.61 Å². The summed E-state index contributed by atoms with van der Waals surface area (Å²) in [6.07, 6.45) is 3.61. The van der Waals surface area contributed by atoms with Crippen molar-refractivity contribution in [3.8, 4) is 0 Å². The van der Waals surface area contributed by atoms with Gasteiger partial charge in [0.15, 0.2) is 0 Å². The summed E-state index contributed by atoms with van der Waals surface area (Å²) >= 11 is 0. The Labute approximate surface area is 66.5 Å². The molecule has 0 amide bonds. The van der Waals surface area contributed by atoms with Gasteiger partial charge in [-0.05, 0) is 13.3 Å². The molecule has 0 aliphatic heterocycles. The highest BCUT2D eigenvalue weighted by Gasteiger charge is 1.95. The molecule has 2 N–H and O–H groups in total. The highest BCUT2D eigenvalue weighted by atomic mass is 16.5. The average molecular weight is 155 g/mol. The monoisotopic (exact) mass is 155 g/mol. The van der Waals surface area contributed by atoms with Crippen LogP contribution in [0.1, 0.15) is 13.3 Å². The fourth-order valence-electron chi connectivity index (χ4n) is 0.470. The molecule has 0 fully saturated rings. The largest absolute Gasteiger partial charge is 0.462 e. The molecule has 3 nitrogen and oxygen atoms in total. The number of nitrogens with two attached hydrogens (primary N) is 1. The van der Waals surface area contributed by atoms with Crippen molar-refractivity contribution in [3.63, 3.8) is 0 Å². The van der Waals surface area contributed by atoms with Gasteiger partial charge in [0.25, 0.3) is 0 Å². The third-order valence-electron chi connectivity index (χ3n) is 0.912. The van der Waals surface area contributed by atoms with Crippen molar-refractivity contribution in [1.29, 1.82) is 0 Å². The highest BCUT2D eigenvalue weighted by Crippen LogP contribution is 1.88. The summed E-state index contributed by atoms with van der Waals surface area (Å²) in [6, 6.07) is 0. The van der Waals surface area contributed by atoms with Crippen molar-refractivity contribution >= 4 is 5.97 Å². The summed E-state index contributed by atoms with van der Waals surface area (Å²) in [6.45, 7) is 5.49. The van der Waals surface area contributed by atoms with E-state index in [4.69, 9.17) is 10.5 Å². The predicted molar refractivity (Wildman–Crippen MR) is 43.7 cm³/mol. The van der Waals surface area contributed by atoms with E-state index in [2.05, 4.69) is 6.58 Å². The van der Waals surface area contributed by atoms with E-state index < -0.39 is 5.97 Å². The van der Waals surface area contributed by atoms with E-state index >= 15 is 0 Å². The van der Waals surface area contributed by atoms with Crippen LogP contribution in [0, 0.1) is 0 Å². The van der Waals surface area contributed by atoms with Crippen molar-refractivity contribution in [1.82, 2.24) is 0 Å². The molecule has 0 aromatic carbocycles. The Bertz CT molecular complexity index is 169. The fourth-order valence-corrected chi connectivity index (χ4v) is 0.470. The molecule has 62 valence electrons. The minimum atomic E-state index is -0.396. The first-order valence-electron chi connectivity index (χ1n) is 3.38. The SMILES string of the molecule is C=CCCOC(=O)C=C(C)N. The van der Waals surface area contributed by atoms with Crippen molar-refractivity contribution in [3.05, 3.63) is 24.4 Å². The third kappa shape index (κ3) is 6.64. The number of carbonyl (C=O) groups is 1. The molecule has 0 heterocycles. The molecule has 0 atom stereocenters. The number of hydrogen-bond donors (Lipinski definition) is 1. The molecule has 0 spiro atoms. The third-order valence-corrected chi connectivity index (χ3v) is 0.912. The van der Waals surface area contributed by atoms with Crippen LogP contribution < -0.4 is 5.73 Å². The molecule has 0 radical (unpaired) electrons. The maximum absolute atomic E-state index is 10.7. The highest BCUT2D eigenvalue weighted by molar-refractivity contribution is 5.82. The lowest BCUT2D eigenvalue weighted by molar-refractivity contribution is -0.137. The number of hydrogen-bond acceptors (Lipinski definition) is 3. The van der Waals surface area contributed by atoms with Crippen LogP contribution in [-0.4, -0.2) is 12.6 Å². The van der Waals surface area contributed by atoms with Gasteiger partial charge in [-0.1, -0.05) is 6.08 Å². The van der Waals surface area contributed by atoms with E-state index in [1.54, 1.807) is 13.0 Å². The summed E-state index contributed by atoms with van der Waals surface area (Å²) in [5.74, 6) is -0.396. The van der Waals surface area contributed by atoms with Gasteiger partial charge in [-0.3, -0.25) is 0 Å². The van der Waals surface area contributed by atoms with Crippen LogP contribution in [0.15, 0.2) is 24.4 Å². The Hall–Kier alpha value is -1.25. The van der Waals surface area contributed by atoms with E-state index in [0.29, 0.717) is 18.7 Å². The fraction of sp³-hybridized carbons (Fsp3) is 0.375. The van der Waals surface area contributed by atoms with Gasteiger partial charge < -0.3 is 10.5 Å². The van der Waals surface area contributed by atoms with E-state index in [1.807, 2.05) is 0 Å². The second-order valence-electron chi connectivity index (χ2n) is 2.13. The molecule has 0 aliphatic carbocycles. The number of carbonyl (C=O) groups excluding carboxylic acids is 1. The van der Waals surface area contributed by atoms with Crippen LogP contribution in [0.3, 0.4) is 0 Å². The second-order valence-corrected chi connectivity index (χ2v) is 2.13. The zero-order chi connectivity index (χ0) is 8.69. The van der Waals surface area contributed by atoms with Crippen LogP contribution in [0.5, 0.6) is 0 Å². The molecule has 0 aliphatic rings. The Morgan fingerprint density at radius 1 is 1.73 bits per heavy atom. The maximum atomic E-state index is 10.7. The van der Waals surface area contributed by atoms with Gasteiger partial charge in [0.1, 0.15) is 0 Å². The second kappa shape index (κ2) is 5.53. The summed E-state index contributed by atoms with van der Waals surface area (Å²) in [4.78, 5) is 10.7. The van der Waals surface area contributed by atoms with E-state index in [1.165, 1.54) is 6.08 Å². The lowest BCUT2D eigenvalue weighted by Gasteiger charge is -1.97. The molecule has 3 heteroatoms. The van der Waals surface area contributed by atoms with Crippen molar-refractivity contribution < 1.29 is 9.53 Å². The number of allylic oxidation sites excluding steroid dienone is 1. The van der Waals surface area contributed by atoms with Crippen LogP contribution in [0.25, 0.3) is 0 Å². The smallest absolute Gasteiger partial charge is 0.332 e. The van der Waals surface area contributed by atoms with Crippen LogP contribution in [0.4, 0.5) is 0 Å². The lowest BCUT2D eigenvalue weighted by Crippen LogP contribution is -2.04. The first-order valence-corrected chi connectivity index (χ1v) is 3.38. The Morgan fingerprint density at radius 2 is 2.36 bits per heavy atom. The van der Waals surface area contributed by atoms with Gasteiger partial charge in [0.05, 0.1) is 6.61 Å². The van der Waals surface area contributed by atoms with E-state index in [-0.39, 0.29) is 0 Å². The van der Waals surface area contributed by atoms with Crippen LogP contribution in [-0.2, 0) is 9.53 Å². The first kappa shape index (κ1) is 9.75. The van der Waals surface area contributed by atoms with Crippen LogP contribution >= 0.6 is 0 Å². The van der Waals surface area contributed by atoms with Gasteiger partial charge in [-0.15, -0.1) is 6.58 Å². The summed E-state index contributed by atoms with van der Waals surface area (Å²) in [5, 5.41) is 0. The topological polar surface area (TPSA) is 52.3 Å². The molecule has 0 bridgehead atoms. The standard InChI is InChI=1S/C8H13NO2/c1-3-4-5-11-8(10)6-7(2)9/h3,6H,1,4-5,9H2,2H3. The average Bonchev–Trinajstić information content (AvgIpc) is 1.86. The molecule has 0 aromatic rings. The van der Waals surface area contributed by atoms with Crippen molar-refractivity contribution in [2.24, 2.45) is 5.73 Å². The molecule has 0 saturated heterocycles. The van der Waals surface area contributed by atoms with E-state index in [0.717, 1.165) is 0 Å². The molecule has 0 aromatic heterocycles. The molecule has 11 heavy (non-hydrogen) atoms. The maximum Gasteiger partial charge on any atom is 0.332 e. The molecule has 0 saturated carbocycles. The van der Waals surface area contributed by atoms with Gasteiger partial charge in [-0.2, -0.15) is 0 Å². The quantitative estimate of drug-likeness (QED) is 0.285. The zero-order valence-corrected chi connectivity index (χ0v) is 6.67. The zero-order valence-electron chi connectivity index (χ0n) is 6.67. The minimum Gasteiger partial charge on any atom is -0.462 e. The Balaban J connectivity index is 3.53. The lowest BCUT2D eigenvalue weighted by atomic mass is 10.4. The van der Waals surface area contributed by atoms with Gasteiger partial charge in [-0.25, -0.2) is 4.79 Å². The van der Waals surface area contributed by atoms with Gasteiger partial charge in [0, 0.05) is 11.8 Å². The molecule has 0 rings (SSSR count). The predicted octanol–water partition coefficient (Wildman–Crippen LogP) is 0.968. The number of esters is 1. The Kier molecular flexibility index (Phi) is 4.90. The van der Waals surface area contributed by atoms with Gasteiger partial charge in [0.2, 0.25) is 0 Å². The molecule has 0 unspecified atom stereocenters. The summed E-state index contributed by atoms with van der Waals surface area (Å²) in [5.41, 5.74) is 5.69. The first-order chi connectivity index (χ1) is 5.16.